The van der Waals surface area contributed by atoms with Crippen molar-refractivity contribution in [1.82, 2.24) is 19.1 Å². The fourth-order valence-corrected chi connectivity index (χ4v) is 3.40. The van der Waals surface area contributed by atoms with E-state index in [4.69, 9.17) is 11.6 Å². The summed E-state index contributed by atoms with van der Waals surface area (Å²) in [7, 11) is 0. The summed E-state index contributed by atoms with van der Waals surface area (Å²) >= 11 is 6.00. The van der Waals surface area contributed by atoms with E-state index in [2.05, 4.69) is 15.3 Å². The predicted octanol–water partition coefficient (Wildman–Crippen LogP) is 2.55. The summed E-state index contributed by atoms with van der Waals surface area (Å²) < 4.78 is 2.53. The SMILES string of the molecule is Cc1ccc(Cl)cc1NC(=O)Cn1cccc2c(=O)n(Cc3cccnc3)c(=O)nc1-2. The van der Waals surface area contributed by atoms with Crippen molar-refractivity contribution in [3.63, 3.8) is 0 Å². The lowest BCUT2D eigenvalue weighted by molar-refractivity contribution is -0.116. The molecule has 1 amide bonds. The number of rotatable bonds is 5. The molecule has 0 aliphatic carbocycles. The number of amides is 1. The third kappa shape index (κ3) is 4.39. The Morgan fingerprint density at radius 1 is 1.16 bits per heavy atom. The van der Waals surface area contributed by atoms with Gasteiger partial charge >= 0.3 is 5.69 Å². The Morgan fingerprint density at radius 3 is 2.77 bits per heavy atom. The number of nitrogens with zero attached hydrogens (tertiary/aromatic N) is 4. The molecule has 0 radical (unpaired) electrons. The van der Waals surface area contributed by atoms with Crippen LogP contribution in [0.4, 0.5) is 5.69 Å². The number of nitrogens with one attached hydrogen (secondary N) is 1. The van der Waals surface area contributed by atoms with Crippen LogP contribution >= 0.6 is 11.6 Å². The molecule has 31 heavy (non-hydrogen) atoms. The molecule has 2 aromatic rings. The molecule has 0 unspecified atom stereocenters. The number of aryl methyl sites for hydroxylation is 1. The van der Waals surface area contributed by atoms with Crippen molar-refractivity contribution < 1.29 is 4.79 Å². The summed E-state index contributed by atoms with van der Waals surface area (Å²) in [4.78, 5) is 46.2. The van der Waals surface area contributed by atoms with E-state index in [1.807, 2.05) is 6.92 Å². The highest BCUT2D eigenvalue weighted by Gasteiger charge is 2.18. The minimum absolute atomic E-state index is 0.0673. The van der Waals surface area contributed by atoms with E-state index in [0.29, 0.717) is 16.3 Å². The van der Waals surface area contributed by atoms with Gasteiger partial charge in [0.1, 0.15) is 6.54 Å². The van der Waals surface area contributed by atoms with E-state index in [1.54, 1.807) is 61.1 Å². The number of benzene rings is 1. The molecular formula is C22H18ClN5O3. The van der Waals surface area contributed by atoms with Crippen LogP contribution in [-0.4, -0.2) is 25.0 Å². The van der Waals surface area contributed by atoms with Crippen molar-refractivity contribution in [2.45, 2.75) is 20.0 Å². The number of pyridine rings is 2. The Balaban J connectivity index is 1.65. The van der Waals surface area contributed by atoms with Crippen LogP contribution in [0.1, 0.15) is 11.1 Å². The summed E-state index contributed by atoms with van der Waals surface area (Å²) in [6.45, 7) is 1.80. The zero-order valence-corrected chi connectivity index (χ0v) is 17.3. The van der Waals surface area contributed by atoms with Gasteiger partial charge in [0.2, 0.25) is 5.91 Å². The number of carbonyl (C=O) groups is 1. The van der Waals surface area contributed by atoms with Gasteiger partial charge in [0.25, 0.3) is 5.56 Å². The molecule has 3 heterocycles. The Hall–Kier alpha value is -3.78. The first-order valence-corrected chi connectivity index (χ1v) is 9.85. The van der Waals surface area contributed by atoms with Crippen LogP contribution in [-0.2, 0) is 17.9 Å². The van der Waals surface area contributed by atoms with Gasteiger partial charge in [-0.1, -0.05) is 23.7 Å². The fourth-order valence-electron chi connectivity index (χ4n) is 3.23. The maximum atomic E-state index is 12.9. The lowest BCUT2D eigenvalue weighted by atomic mass is 10.2. The van der Waals surface area contributed by atoms with Crippen LogP contribution in [0.25, 0.3) is 11.4 Å². The molecule has 0 saturated carbocycles. The van der Waals surface area contributed by atoms with Gasteiger partial charge in [-0.05, 0) is 48.4 Å². The second kappa shape index (κ2) is 8.53. The van der Waals surface area contributed by atoms with Gasteiger partial charge in [-0.15, -0.1) is 0 Å². The van der Waals surface area contributed by atoms with Crippen LogP contribution in [0, 0.1) is 6.92 Å². The Bertz CT molecular complexity index is 1350. The fraction of sp³-hybridized carbons (Fsp3) is 0.136. The third-order valence-corrected chi connectivity index (χ3v) is 5.04. The number of hydrogen-bond donors (Lipinski definition) is 1. The molecule has 9 heteroatoms. The maximum absolute atomic E-state index is 12.9. The molecule has 0 atom stereocenters. The molecule has 8 nitrogen and oxygen atoms in total. The maximum Gasteiger partial charge on any atom is 0.352 e. The van der Waals surface area contributed by atoms with Crippen molar-refractivity contribution in [2.24, 2.45) is 0 Å². The molecule has 0 bridgehead atoms. The van der Waals surface area contributed by atoms with Gasteiger partial charge in [0, 0.05) is 29.3 Å². The number of fused-ring (bicyclic) bond motifs is 1. The minimum Gasteiger partial charge on any atom is -0.324 e. The Morgan fingerprint density at radius 2 is 2.00 bits per heavy atom. The molecule has 0 fully saturated rings. The number of halogens is 1. The van der Waals surface area contributed by atoms with E-state index in [9.17, 15) is 14.4 Å². The van der Waals surface area contributed by atoms with Crippen LogP contribution < -0.4 is 16.6 Å². The van der Waals surface area contributed by atoms with Crippen molar-refractivity contribution >= 4 is 23.2 Å². The number of carbonyl (C=O) groups excluding carboxylic acids is 1. The van der Waals surface area contributed by atoms with Crippen LogP contribution in [0.2, 0.25) is 5.02 Å². The molecule has 156 valence electrons. The van der Waals surface area contributed by atoms with Gasteiger partial charge in [0.05, 0.1) is 12.1 Å². The highest BCUT2D eigenvalue weighted by atomic mass is 35.5. The molecule has 1 aromatic carbocycles. The van der Waals surface area contributed by atoms with E-state index in [0.717, 1.165) is 10.1 Å². The largest absolute Gasteiger partial charge is 0.352 e. The molecule has 1 aromatic heterocycles. The highest BCUT2D eigenvalue weighted by molar-refractivity contribution is 6.31. The van der Waals surface area contributed by atoms with Gasteiger partial charge < -0.3 is 9.88 Å². The lowest BCUT2D eigenvalue weighted by Gasteiger charge is -2.15. The number of aromatic nitrogens is 4. The van der Waals surface area contributed by atoms with Gasteiger partial charge in [0.15, 0.2) is 5.82 Å². The molecular weight excluding hydrogens is 418 g/mol. The molecule has 0 saturated heterocycles. The van der Waals surface area contributed by atoms with E-state index >= 15 is 0 Å². The van der Waals surface area contributed by atoms with Crippen molar-refractivity contribution in [3.05, 3.63) is 98.0 Å². The smallest absolute Gasteiger partial charge is 0.324 e. The normalized spacial score (nSPS) is 10.9. The minimum atomic E-state index is -0.688. The van der Waals surface area contributed by atoms with Gasteiger partial charge in [-0.3, -0.25) is 19.1 Å². The standard InChI is InChI=1S/C22H18ClN5O3/c1-14-6-7-16(23)10-18(14)25-19(29)13-27-9-3-5-17-20(27)26-22(31)28(21(17)30)12-15-4-2-8-24-11-15/h2-11H,12-13H2,1H3,(H,25,29). The van der Waals surface area contributed by atoms with Gasteiger partial charge in [-0.2, -0.15) is 4.98 Å². The molecule has 2 aliphatic heterocycles. The summed E-state index contributed by atoms with van der Waals surface area (Å²) in [5, 5.41) is 3.30. The van der Waals surface area contributed by atoms with Crippen LogP contribution in [0.15, 0.2) is 70.6 Å². The Labute approximate surface area is 182 Å². The first-order valence-electron chi connectivity index (χ1n) is 9.47. The van der Waals surface area contributed by atoms with E-state index in [1.165, 1.54) is 4.57 Å². The summed E-state index contributed by atoms with van der Waals surface area (Å²) in [6, 6.07) is 11.9. The molecule has 0 spiro atoms. The second-order valence-corrected chi connectivity index (χ2v) is 7.46. The number of hydrogen-bond acceptors (Lipinski definition) is 5. The summed E-state index contributed by atoms with van der Waals surface area (Å²) in [5.41, 5.74) is 1.25. The van der Waals surface area contributed by atoms with E-state index < -0.39 is 11.2 Å². The molecule has 2 aliphatic rings. The molecule has 4 rings (SSSR count). The summed E-state index contributed by atoms with van der Waals surface area (Å²) in [5.74, 6) is -0.186. The van der Waals surface area contributed by atoms with E-state index in [-0.39, 0.29) is 30.4 Å². The van der Waals surface area contributed by atoms with Crippen LogP contribution in [0.5, 0.6) is 0 Å². The topological polar surface area (TPSA) is 98.9 Å². The Kier molecular flexibility index (Phi) is 5.64. The average molecular weight is 436 g/mol. The highest BCUT2D eigenvalue weighted by Crippen LogP contribution is 2.20. The number of anilines is 1. The first-order chi connectivity index (χ1) is 14.9. The third-order valence-electron chi connectivity index (χ3n) is 4.80. The average Bonchev–Trinajstić information content (AvgIpc) is 2.75. The van der Waals surface area contributed by atoms with Crippen molar-refractivity contribution in [2.75, 3.05) is 5.32 Å². The lowest BCUT2D eigenvalue weighted by Crippen LogP contribution is -2.38. The van der Waals surface area contributed by atoms with Gasteiger partial charge in [-0.25, -0.2) is 4.79 Å². The zero-order chi connectivity index (χ0) is 22.0. The zero-order valence-electron chi connectivity index (χ0n) is 16.6. The van der Waals surface area contributed by atoms with Crippen LogP contribution in [0.3, 0.4) is 0 Å². The monoisotopic (exact) mass is 435 g/mol. The van der Waals surface area contributed by atoms with Crippen molar-refractivity contribution in [3.8, 4) is 11.4 Å². The second-order valence-electron chi connectivity index (χ2n) is 7.03. The molecule has 1 N–H and O–H groups in total. The van der Waals surface area contributed by atoms with Crippen molar-refractivity contribution in [1.29, 1.82) is 0 Å². The quantitative estimate of drug-likeness (QED) is 0.519. The summed E-state index contributed by atoms with van der Waals surface area (Å²) in [6.07, 6.45) is 4.80. The first kappa shape index (κ1) is 20.5. The predicted molar refractivity (Wildman–Crippen MR) is 118 cm³/mol.